The lowest BCUT2D eigenvalue weighted by Gasteiger charge is -2.44. The van der Waals surface area contributed by atoms with E-state index in [-0.39, 0.29) is 12.4 Å². The molecule has 11 heteroatoms. The van der Waals surface area contributed by atoms with E-state index < -0.39 is 53.7 Å². The zero-order valence-electron chi connectivity index (χ0n) is 17.4. The zero-order valence-corrected chi connectivity index (χ0v) is 18.2. The maximum atomic E-state index is 11.8. The van der Waals surface area contributed by atoms with Gasteiger partial charge < -0.3 is 28.8 Å². The Morgan fingerprint density at radius 2 is 1.42 bits per heavy atom. The molecule has 0 saturated carbocycles. The predicted octanol–water partition coefficient (Wildman–Crippen LogP) is 1.57. The molecule has 5 atom stereocenters. The highest BCUT2D eigenvalue weighted by Crippen LogP contribution is 2.40. The molecule has 0 aliphatic carbocycles. The van der Waals surface area contributed by atoms with Crippen LogP contribution in [0.4, 0.5) is 0 Å². The van der Waals surface area contributed by atoms with Gasteiger partial charge in [-0.15, -0.1) is 0 Å². The summed E-state index contributed by atoms with van der Waals surface area (Å²) in [5, 5.41) is 10.1. The molecule has 1 aromatic rings. The lowest BCUT2D eigenvalue weighted by molar-refractivity contribution is -0.237. The van der Waals surface area contributed by atoms with Gasteiger partial charge in [-0.3, -0.25) is 19.2 Å². The summed E-state index contributed by atoms with van der Waals surface area (Å²) in [5.74, 6) is -2.74. The second-order valence-electron chi connectivity index (χ2n) is 6.65. The number of thioether (sulfide) groups is 1. The fraction of sp³-hybridized carbons (Fsp3) is 0.500. The minimum absolute atomic E-state index is 0.0413. The summed E-state index contributed by atoms with van der Waals surface area (Å²) in [6.45, 7) is 4.35. The molecule has 1 heterocycles. The third kappa shape index (κ3) is 7.14. The number of para-hydroxylation sites is 1. The van der Waals surface area contributed by atoms with Crippen LogP contribution in [-0.2, 0) is 42.9 Å². The predicted molar refractivity (Wildman–Crippen MR) is 106 cm³/mol. The van der Waals surface area contributed by atoms with Gasteiger partial charge >= 0.3 is 23.9 Å². The minimum Gasteiger partial charge on any atom is -0.507 e. The minimum atomic E-state index is -1.25. The molecule has 170 valence electrons. The van der Waals surface area contributed by atoms with Crippen LogP contribution >= 0.6 is 11.8 Å². The summed E-state index contributed by atoms with van der Waals surface area (Å²) in [4.78, 5) is 47.0. The van der Waals surface area contributed by atoms with Gasteiger partial charge in [0.15, 0.2) is 18.3 Å². The van der Waals surface area contributed by atoms with Crippen LogP contribution in [0.3, 0.4) is 0 Å². The molecule has 1 aliphatic rings. The molecule has 2 rings (SSSR count). The Morgan fingerprint density at radius 1 is 0.871 bits per heavy atom. The third-order valence-electron chi connectivity index (χ3n) is 4.06. The summed E-state index contributed by atoms with van der Waals surface area (Å²) in [7, 11) is 0. The van der Waals surface area contributed by atoms with Crippen molar-refractivity contribution in [3.63, 3.8) is 0 Å². The van der Waals surface area contributed by atoms with Crippen molar-refractivity contribution in [2.75, 3.05) is 6.61 Å². The van der Waals surface area contributed by atoms with Crippen molar-refractivity contribution in [1.29, 1.82) is 0 Å². The van der Waals surface area contributed by atoms with E-state index in [1.165, 1.54) is 19.9 Å². The Bertz CT molecular complexity index is 826. The maximum absolute atomic E-state index is 11.8. The number of hydrogen-bond donors (Lipinski definition) is 1. The summed E-state index contributed by atoms with van der Waals surface area (Å²) in [5.41, 5.74) is -0.992. The van der Waals surface area contributed by atoms with Crippen molar-refractivity contribution in [2.45, 2.75) is 62.4 Å². The normalized spacial score (nSPS) is 25.2. The van der Waals surface area contributed by atoms with Gasteiger partial charge in [0.05, 0.1) is 4.90 Å². The van der Waals surface area contributed by atoms with Gasteiger partial charge in [-0.2, -0.15) is 0 Å². The molecule has 0 amide bonds. The van der Waals surface area contributed by atoms with Crippen LogP contribution < -0.4 is 0 Å². The molecule has 0 unspecified atom stereocenters. The van der Waals surface area contributed by atoms with Gasteiger partial charge in [0, 0.05) is 27.7 Å². The van der Waals surface area contributed by atoms with E-state index in [0.29, 0.717) is 4.90 Å². The molecule has 31 heavy (non-hydrogen) atoms. The first-order valence-corrected chi connectivity index (χ1v) is 10.2. The first kappa shape index (κ1) is 24.5. The molecule has 1 aromatic carbocycles. The molecule has 0 bridgehead atoms. The summed E-state index contributed by atoms with van der Waals surface area (Å²) in [6, 6.07) is 6.40. The molecule has 10 nitrogen and oxygen atoms in total. The number of phenols is 1. The van der Waals surface area contributed by atoms with Gasteiger partial charge in [-0.05, 0) is 12.1 Å². The van der Waals surface area contributed by atoms with Crippen LogP contribution in [0, 0.1) is 0 Å². The Kier molecular flexibility index (Phi) is 8.69. The van der Waals surface area contributed by atoms with E-state index in [1.54, 1.807) is 18.2 Å². The van der Waals surface area contributed by atoms with Crippen LogP contribution in [0.25, 0.3) is 0 Å². The average Bonchev–Trinajstić information content (AvgIpc) is 2.65. The van der Waals surface area contributed by atoms with Gasteiger partial charge in [0.2, 0.25) is 0 Å². The molecule has 0 radical (unpaired) electrons. The SMILES string of the molecule is CC(=O)OC[C@H]1O[C@@H](Sc2ccccc2O)[C@H](OC(C)=O)[C@@H](OC(C)=O)[C@@H]1OC(C)=O. The smallest absolute Gasteiger partial charge is 0.303 e. The summed E-state index contributed by atoms with van der Waals surface area (Å²) < 4.78 is 27.0. The largest absolute Gasteiger partial charge is 0.507 e. The summed E-state index contributed by atoms with van der Waals surface area (Å²) >= 11 is 1.01. The van der Waals surface area contributed by atoms with E-state index >= 15 is 0 Å². The second-order valence-corrected chi connectivity index (χ2v) is 7.79. The van der Waals surface area contributed by atoms with E-state index in [2.05, 4.69) is 0 Å². The number of aromatic hydroxyl groups is 1. The number of benzene rings is 1. The fourth-order valence-electron chi connectivity index (χ4n) is 2.97. The Labute approximate surface area is 183 Å². The van der Waals surface area contributed by atoms with Crippen molar-refractivity contribution < 1.29 is 48.0 Å². The van der Waals surface area contributed by atoms with Crippen LogP contribution in [0.5, 0.6) is 5.75 Å². The van der Waals surface area contributed by atoms with Crippen molar-refractivity contribution >= 4 is 35.6 Å². The van der Waals surface area contributed by atoms with Crippen LogP contribution in [-0.4, -0.2) is 65.4 Å². The van der Waals surface area contributed by atoms with Crippen LogP contribution in [0.1, 0.15) is 27.7 Å². The fourth-order valence-corrected chi connectivity index (χ4v) is 4.10. The first-order chi connectivity index (χ1) is 14.6. The van der Waals surface area contributed by atoms with E-state index in [4.69, 9.17) is 23.7 Å². The van der Waals surface area contributed by atoms with Crippen molar-refractivity contribution in [3.8, 4) is 5.75 Å². The molecule has 0 spiro atoms. The molecule has 1 fully saturated rings. The topological polar surface area (TPSA) is 135 Å². The van der Waals surface area contributed by atoms with Gasteiger partial charge in [0.1, 0.15) is 23.9 Å². The Balaban J connectivity index is 2.46. The average molecular weight is 456 g/mol. The van der Waals surface area contributed by atoms with Gasteiger partial charge in [0.25, 0.3) is 0 Å². The molecule has 1 N–H and O–H groups in total. The highest BCUT2D eigenvalue weighted by atomic mass is 32.2. The Morgan fingerprint density at radius 3 is 1.97 bits per heavy atom. The second kappa shape index (κ2) is 11.0. The van der Waals surface area contributed by atoms with Crippen molar-refractivity contribution in [2.24, 2.45) is 0 Å². The van der Waals surface area contributed by atoms with E-state index in [1.807, 2.05) is 0 Å². The van der Waals surface area contributed by atoms with E-state index in [0.717, 1.165) is 25.6 Å². The van der Waals surface area contributed by atoms with Crippen molar-refractivity contribution in [3.05, 3.63) is 24.3 Å². The number of phenolic OH excluding ortho intramolecular Hbond substituents is 1. The monoisotopic (exact) mass is 456 g/mol. The molecule has 1 saturated heterocycles. The maximum Gasteiger partial charge on any atom is 0.303 e. The van der Waals surface area contributed by atoms with Crippen molar-refractivity contribution in [1.82, 2.24) is 0 Å². The quantitative estimate of drug-likeness (QED) is 0.473. The number of ether oxygens (including phenoxy) is 5. The molecular weight excluding hydrogens is 432 g/mol. The highest BCUT2D eigenvalue weighted by molar-refractivity contribution is 8.00. The number of rotatable bonds is 7. The van der Waals surface area contributed by atoms with Gasteiger partial charge in [-0.1, -0.05) is 23.9 Å². The highest BCUT2D eigenvalue weighted by Gasteiger charge is 2.52. The molecule has 1 aliphatic heterocycles. The van der Waals surface area contributed by atoms with Gasteiger partial charge in [-0.25, -0.2) is 0 Å². The zero-order chi connectivity index (χ0) is 23.1. The third-order valence-corrected chi connectivity index (χ3v) is 5.27. The standard InChI is InChI=1S/C20H24O10S/c1-10(21)26-9-15-17(27-11(2)22)18(28-12(3)23)19(29-13(4)24)20(30-15)31-16-8-6-5-7-14(16)25/h5-8,15,17-20,25H,9H2,1-4H3/t15-,17-,18+,19-,20+/m1/s1. The van der Waals surface area contributed by atoms with Crippen LogP contribution in [0.15, 0.2) is 29.2 Å². The van der Waals surface area contributed by atoms with E-state index in [9.17, 15) is 24.3 Å². The Hall–Kier alpha value is -2.79. The lowest BCUT2D eigenvalue weighted by atomic mass is 9.99. The number of esters is 4. The number of carbonyl (C=O) groups is 4. The number of hydrogen-bond acceptors (Lipinski definition) is 11. The summed E-state index contributed by atoms with van der Waals surface area (Å²) in [6.07, 6.45) is -4.69. The first-order valence-electron chi connectivity index (χ1n) is 9.33. The molecular formula is C20H24O10S. The lowest BCUT2D eigenvalue weighted by Crippen LogP contribution is -2.61. The van der Waals surface area contributed by atoms with Crippen LogP contribution in [0.2, 0.25) is 0 Å². The number of carbonyl (C=O) groups excluding carboxylic acids is 4. The molecule has 0 aromatic heterocycles.